The highest BCUT2D eigenvalue weighted by molar-refractivity contribution is 7.89. The molecule has 0 fully saturated rings. The summed E-state index contributed by atoms with van der Waals surface area (Å²) >= 11 is 0. The predicted octanol–water partition coefficient (Wildman–Crippen LogP) is 0.653. The van der Waals surface area contributed by atoms with Crippen molar-refractivity contribution in [2.75, 3.05) is 13.7 Å². The highest BCUT2D eigenvalue weighted by atomic mass is 32.2. The minimum Gasteiger partial charge on any atom is -0.490 e. The van der Waals surface area contributed by atoms with Crippen LogP contribution in [0, 0.1) is 10.1 Å². The lowest BCUT2D eigenvalue weighted by Crippen LogP contribution is -2.33. The van der Waals surface area contributed by atoms with Gasteiger partial charge in [0, 0.05) is 18.7 Å². The largest absolute Gasteiger partial charge is 0.490 e. The van der Waals surface area contributed by atoms with E-state index in [9.17, 15) is 18.5 Å². The molecule has 1 unspecified atom stereocenters. The quantitative estimate of drug-likeness (QED) is 0.564. The first-order valence-electron chi connectivity index (χ1n) is 5.77. The van der Waals surface area contributed by atoms with Gasteiger partial charge in [0.25, 0.3) is 0 Å². The van der Waals surface area contributed by atoms with Gasteiger partial charge >= 0.3 is 5.69 Å². The van der Waals surface area contributed by atoms with E-state index in [1.807, 2.05) is 0 Å². The molecule has 0 aliphatic rings. The molecule has 20 heavy (non-hydrogen) atoms. The smallest absolute Gasteiger partial charge is 0.312 e. The van der Waals surface area contributed by atoms with Gasteiger partial charge in [0.05, 0.1) is 16.9 Å². The van der Waals surface area contributed by atoms with Crippen LogP contribution in [0.3, 0.4) is 0 Å². The van der Waals surface area contributed by atoms with Gasteiger partial charge < -0.3 is 9.84 Å². The van der Waals surface area contributed by atoms with E-state index < -0.39 is 26.7 Å². The first-order chi connectivity index (χ1) is 9.31. The van der Waals surface area contributed by atoms with Crippen molar-refractivity contribution in [2.45, 2.75) is 24.3 Å². The van der Waals surface area contributed by atoms with Crippen molar-refractivity contribution in [1.82, 2.24) is 4.72 Å². The number of ether oxygens (including phenoxy) is 1. The number of nitro groups is 1. The summed E-state index contributed by atoms with van der Waals surface area (Å²) in [5.74, 6) is -0.0163. The lowest BCUT2D eigenvalue weighted by atomic mass is 10.3. The molecule has 0 amide bonds. The molecule has 8 nitrogen and oxygen atoms in total. The van der Waals surface area contributed by atoms with Crippen LogP contribution in [0.2, 0.25) is 0 Å². The van der Waals surface area contributed by atoms with Crippen molar-refractivity contribution in [3.05, 3.63) is 28.3 Å². The van der Waals surface area contributed by atoms with Crippen molar-refractivity contribution in [1.29, 1.82) is 0 Å². The third kappa shape index (κ3) is 3.89. The summed E-state index contributed by atoms with van der Waals surface area (Å²) < 4.78 is 31.2. The number of rotatable bonds is 7. The number of benzene rings is 1. The van der Waals surface area contributed by atoms with Gasteiger partial charge in [-0.25, -0.2) is 13.1 Å². The lowest BCUT2D eigenvalue weighted by Gasteiger charge is -2.13. The SMILES string of the molecule is COc1ccc(S(=O)(=O)NC(C)CCO)cc1[N+](=O)[O-]. The minimum absolute atomic E-state index is 0.0163. The van der Waals surface area contributed by atoms with Crippen LogP contribution in [-0.4, -0.2) is 38.2 Å². The third-order valence-electron chi connectivity index (χ3n) is 2.58. The molecule has 1 aromatic carbocycles. The van der Waals surface area contributed by atoms with Crippen molar-refractivity contribution in [3.8, 4) is 5.75 Å². The first-order valence-corrected chi connectivity index (χ1v) is 7.25. The van der Waals surface area contributed by atoms with Crippen LogP contribution in [0.15, 0.2) is 23.1 Å². The van der Waals surface area contributed by atoms with Gasteiger partial charge in [-0.1, -0.05) is 0 Å². The third-order valence-corrected chi connectivity index (χ3v) is 4.16. The molecule has 0 heterocycles. The van der Waals surface area contributed by atoms with E-state index in [0.717, 1.165) is 6.07 Å². The van der Waals surface area contributed by atoms with Gasteiger partial charge in [-0.05, 0) is 25.5 Å². The predicted molar refractivity (Wildman–Crippen MR) is 71.1 cm³/mol. The second-order valence-corrected chi connectivity index (χ2v) is 5.84. The summed E-state index contributed by atoms with van der Waals surface area (Å²) in [6.07, 6.45) is 0.247. The first kappa shape index (κ1) is 16.3. The molecule has 1 atom stereocenters. The Morgan fingerprint density at radius 1 is 1.50 bits per heavy atom. The number of methoxy groups -OCH3 is 1. The molecule has 9 heteroatoms. The number of sulfonamides is 1. The van der Waals surface area contributed by atoms with Crippen molar-refractivity contribution in [3.63, 3.8) is 0 Å². The van der Waals surface area contributed by atoms with E-state index in [-0.39, 0.29) is 23.7 Å². The van der Waals surface area contributed by atoms with Gasteiger partial charge in [0.1, 0.15) is 0 Å². The van der Waals surface area contributed by atoms with E-state index in [1.165, 1.54) is 19.2 Å². The van der Waals surface area contributed by atoms with Crippen molar-refractivity contribution < 1.29 is 23.2 Å². The second kappa shape index (κ2) is 6.64. The molecule has 0 aliphatic heterocycles. The Bertz CT molecular complexity index is 587. The molecule has 0 bridgehead atoms. The summed E-state index contributed by atoms with van der Waals surface area (Å²) in [5.41, 5.74) is -0.426. The molecule has 0 saturated carbocycles. The zero-order valence-electron chi connectivity index (χ0n) is 11.1. The summed E-state index contributed by atoms with van der Waals surface area (Å²) in [7, 11) is -2.62. The maximum absolute atomic E-state index is 12.0. The van der Waals surface area contributed by atoms with E-state index in [2.05, 4.69) is 4.72 Å². The highest BCUT2D eigenvalue weighted by Gasteiger charge is 2.23. The van der Waals surface area contributed by atoms with E-state index in [4.69, 9.17) is 9.84 Å². The van der Waals surface area contributed by atoms with Crippen LogP contribution in [0.25, 0.3) is 0 Å². The summed E-state index contributed by atoms with van der Waals surface area (Å²) in [5, 5.41) is 19.6. The number of hydrogen-bond acceptors (Lipinski definition) is 6. The average Bonchev–Trinajstić information content (AvgIpc) is 2.37. The number of nitrogens with zero attached hydrogens (tertiary/aromatic N) is 1. The summed E-state index contributed by atoms with van der Waals surface area (Å²) in [6.45, 7) is 1.43. The van der Waals surface area contributed by atoms with Crippen LogP contribution in [0.5, 0.6) is 5.75 Å². The fourth-order valence-electron chi connectivity index (χ4n) is 1.57. The topological polar surface area (TPSA) is 119 Å². The Labute approximate surface area is 116 Å². The molecule has 0 spiro atoms. The number of aliphatic hydroxyl groups is 1. The van der Waals surface area contributed by atoms with Crippen LogP contribution in [-0.2, 0) is 10.0 Å². The van der Waals surface area contributed by atoms with Crippen LogP contribution < -0.4 is 9.46 Å². The number of aliphatic hydroxyl groups excluding tert-OH is 1. The lowest BCUT2D eigenvalue weighted by molar-refractivity contribution is -0.386. The molecule has 0 saturated heterocycles. The van der Waals surface area contributed by atoms with Crippen molar-refractivity contribution >= 4 is 15.7 Å². The number of hydrogen-bond donors (Lipinski definition) is 2. The van der Waals surface area contributed by atoms with E-state index in [1.54, 1.807) is 6.92 Å². The average molecular weight is 304 g/mol. The monoisotopic (exact) mass is 304 g/mol. The Balaban J connectivity index is 3.13. The Hall–Kier alpha value is -1.71. The fraction of sp³-hybridized carbons (Fsp3) is 0.455. The standard InChI is InChI=1S/C11H16N2O6S/c1-8(5-6-14)12-20(17,18)9-3-4-11(19-2)10(7-9)13(15)16/h3-4,7-8,12,14H,5-6H2,1-2H3. The molecule has 2 N–H and O–H groups in total. The Morgan fingerprint density at radius 3 is 2.65 bits per heavy atom. The van der Waals surface area contributed by atoms with Gasteiger partial charge in [-0.3, -0.25) is 10.1 Å². The Kier molecular flexibility index (Phi) is 5.43. The molecule has 0 aliphatic carbocycles. The summed E-state index contributed by atoms with van der Waals surface area (Å²) in [6, 6.07) is 2.90. The van der Waals surface area contributed by atoms with Crippen LogP contribution in [0.4, 0.5) is 5.69 Å². The normalized spacial score (nSPS) is 12.9. The molecule has 1 aromatic rings. The zero-order chi connectivity index (χ0) is 15.3. The van der Waals surface area contributed by atoms with Gasteiger partial charge in [-0.2, -0.15) is 0 Å². The number of nitro benzene ring substituents is 1. The minimum atomic E-state index is -3.88. The van der Waals surface area contributed by atoms with Gasteiger partial charge in [-0.15, -0.1) is 0 Å². The van der Waals surface area contributed by atoms with Crippen molar-refractivity contribution in [2.24, 2.45) is 0 Å². The maximum Gasteiger partial charge on any atom is 0.312 e. The summed E-state index contributed by atoms with van der Waals surface area (Å²) in [4.78, 5) is 9.92. The second-order valence-electron chi connectivity index (χ2n) is 4.13. The van der Waals surface area contributed by atoms with E-state index >= 15 is 0 Å². The fourth-order valence-corrected chi connectivity index (χ4v) is 2.86. The molecular formula is C11H16N2O6S. The maximum atomic E-state index is 12.0. The zero-order valence-corrected chi connectivity index (χ0v) is 11.9. The number of nitrogens with one attached hydrogen (secondary N) is 1. The van der Waals surface area contributed by atoms with Crippen LogP contribution in [0.1, 0.15) is 13.3 Å². The van der Waals surface area contributed by atoms with Gasteiger partial charge in [0.2, 0.25) is 10.0 Å². The highest BCUT2D eigenvalue weighted by Crippen LogP contribution is 2.29. The molecule has 1 rings (SSSR count). The molecule has 0 radical (unpaired) electrons. The van der Waals surface area contributed by atoms with E-state index in [0.29, 0.717) is 0 Å². The van der Waals surface area contributed by atoms with Gasteiger partial charge in [0.15, 0.2) is 5.75 Å². The molecular weight excluding hydrogens is 288 g/mol. The van der Waals surface area contributed by atoms with Crippen LogP contribution >= 0.6 is 0 Å². The Morgan fingerprint density at radius 2 is 2.15 bits per heavy atom. The molecule has 0 aromatic heterocycles. The molecule has 112 valence electrons.